The van der Waals surface area contributed by atoms with Gasteiger partial charge in [0.1, 0.15) is 6.61 Å². The minimum absolute atomic E-state index is 0.00345. The van der Waals surface area contributed by atoms with Crippen molar-refractivity contribution in [1.29, 1.82) is 0 Å². The number of aromatic nitrogens is 2. The molecule has 0 aliphatic carbocycles. The van der Waals surface area contributed by atoms with Crippen LogP contribution in [0.3, 0.4) is 0 Å². The first-order chi connectivity index (χ1) is 16.9. The lowest BCUT2D eigenvalue weighted by molar-refractivity contribution is -0.143. The van der Waals surface area contributed by atoms with Crippen LogP contribution in [0.2, 0.25) is 0 Å². The van der Waals surface area contributed by atoms with Crippen LogP contribution in [0, 0.1) is 17.5 Å². The first kappa shape index (κ1) is 24.6. The molecular formula is C25H24F3N3O4. The number of benzene rings is 2. The minimum Gasteiger partial charge on any atom is -0.464 e. The minimum atomic E-state index is -1.57. The smallest absolute Gasteiger partial charge is 0.310 e. The van der Waals surface area contributed by atoms with E-state index in [2.05, 4.69) is 10.00 Å². The Morgan fingerprint density at radius 2 is 1.71 bits per heavy atom. The van der Waals surface area contributed by atoms with E-state index in [0.717, 1.165) is 29.9 Å². The van der Waals surface area contributed by atoms with E-state index < -0.39 is 23.0 Å². The third-order valence-corrected chi connectivity index (χ3v) is 5.59. The van der Waals surface area contributed by atoms with Crippen molar-refractivity contribution in [2.24, 2.45) is 0 Å². The number of hydrogen-bond donors (Lipinski definition) is 0. The van der Waals surface area contributed by atoms with Crippen molar-refractivity contribution < 1.29 is 27.4 Å². The molecule has 0 bridgehead atoms. The summed E-state index contributed by atoms with van der Waals surface area (Å²) in [5.41, 5.74) is 1.11. The number of carbonyl (C=O) groups excluding carboxylic acids is 1. The average molecular weight is 487 g/mol. The van der Waals surface area contributed by atoms with Crippen LogP contribution in [0.1, 0.15) is 11.1 Å². The Morgan fingerprint density at radius 1 is 1.00 bits per heavy atom. The molecule has 3 aromatic rings. The van der Waals surface area contributed by atoms with Crippen LogP contribution >= 0.6 is 0 Å². The number of morpholine rings is 1. The molecule has 4 rings (SSSR count). The van der Waals surface area contributed by atoms with Crippen molar-refractivity contribution in [2.75, 3.05) is 39.5 Å². The molecule has 2 aromatic carbocycles. The maximum absolute atomic E-state index is 13.6. The molecular weight excluding hydrogens is 463 g/mol. The Labute approximate surface area is 199 Å². The standard InChI is InChI=1S/C25H24F3N3O4/c26-20-14-19(15-21(27)25(20)28)22-4-5-23(32)31(29-22)16-18-3-1-2-17(12-18)13-24(33)35-11-8-30-6-9-34-10-7-30/h1-5,12,14-15H,6-11,13,16H2. The molecule has 1 aromatic heterocycles. The highest BCUT2D eigenvalue weighted by Crippen LogP contribution is 2.21. The molecule has 1 saturated heterocycles. The van der Waals surface area contributed by atoms with Crippen molar-refractivity contribution in [3.63, 3.8) is 0 Å². The van der Waals surface area contributed by atoms with Crippen LogP contribution in [-0.2, 0) is 27.2 Å². The highest BCUT2D eigenvalue weighted by molar-refractivity contribution is 5.72. The van der Waals surface area contributed by atoms with Crippen molar-refractivity contribution in [2.45, 2.75) is 13.0 Å². The Kier molecular flexibility index (Phi) is 7.94. The van der Waals surface area contributed by atoms with E-state index in [-0.39, 0.29) is 30.2 Å². The Hall–Kier alpha value is -3.50. The van der Waals surface area contributed by atoms with Gasteiger partial charge in [-0.1, -0.05) is 24.3 Å². The summed E-state index contributed by atoms with van der Waals surface area (Å²) in [5, 5.41) is 4.17. The molecule has 184 valence electrons. The van der Waals surface area contributed by atoms with Crippen LogP contribution in [0.4, 0.5) is 13.2 Å². The number of ether oxygens (including phenoxy) is 2. The predicted molar refractivity (Wildman–Crippen MR) is 121 cm³/mol. The van der Waals surface area contributed by atoms with Gasteiger partial charge in [-0.25, -0.2) is 17.9 Å². The maximum atomic E-state index is 13.6. The largest absolute Gasteiger partial charge is 0.464 e. The Balaban J connectivity index is 1.40. The lowest BCUT2D eigenvalue weighted by Crippen LogP contribution is -2.38. The lowest BCUT2D eigenvalue weighted by Gasteiger charge is -2.26. The van der Waals surface area contributed by atoms with Crippen LogP contribution in [-0.4, -0.2) is 60.1 Å². The average Bonchev–Trinajstić information content (AvgIpc) is 2.84. The second-order valence-corrected chi connectivity index (χ2v) is 8.14. The predicted octanol–water partition coefficient (Wildman–Crippen LogP) is 2.79. The van der Waals surface area contributed by atoms with E-state index in [1.165, 1.54) is 12.1 Å². The molecule has 7 nitrogen and oxygen atoms in total. The van der Waals surface area contributed by atoms with Gasteiger partial charge in [0.2, 0.25) is 0 Å². The molecule has 0 N–H and O–H groups in total. The molecule has 10 heteroatoms. The maximum Gasteiger partial charge on any atom is 0.310 e. The van der Waals surface area contributed by atoms with Crippen molar-refractivity contribution in [1.82, 2.24) is 14.7 Å². The fourth-order valence-electron chi connectivity index (χ4n) is 3.76. The summed E-state index contributed by atoms with van der Waals surface area (Å²) in [6.45, 7) is 4.02. The summed E-state index contributed by atoms with van der Waals surface area (Å²) in [6.07, 6.45) is 0.0768. The SMILES string of the molecule is O=C(Cc1cccc(Cn2nc(-c3cc(F)c(F)c(F)c3)ccc2=O)c1)OCCN1CCOCC1. The molecule has 0 radical (unpaired) electrons. The first-order valence-electron chi connectivity index (χ1n) is 11.2. The fraction of sp³-hybridized carbons (Fsp3) is 0.320. The van der Waals surface area contributed by atoms with E-state index in [4.69, 9.17) is 9.47 Å². The molecule has 1 fully saturated rings. The van der Waals surface area contributed by atoms with Gasteiger partial charge in [-0.2, -0.15) is 5.10 Å². The third-order valence-electron chi connectivity index (χ3n) is 5.59. The van der Waals surface area contributed by atoms with Gasteiger partial charge in [-0.3, -0.25) is 14.5 Å². The normalized spacial score (nSPS) is 14.1. The summed E-state index contributed by atoms with van der Waals surface area (Å²) in [4.78, 5) is 26.7. The number of halogens is 3. The van der Waals surface area contributed by atoms with Gasteiger partial charge >= 0.3 is 5.97 Å². The van der Waals surface area contributed by atoms with Gasteiger partial charge in [0.05, 0.1) is 31.9 Å². The Morgan fingerprint density at radius 3 is 2.46 bits per heavy atom. The lowest BCUT2D eigenvalue weighted by atomic mass is 10.1. The molecule has 0 atom stereocenters. The van der Waals surface area contributed by atoms with Crippen LogP contribution < -0.4 is 5.56 Å². The van der Waals surface area contributed by atoms with Crippen molar-refractivity contribution in [3.8, 4) is 11.3 Å². The van der Waals surface area contributed by atoms with Crippen LogP contribution in [0.5, 0.6) is 0 Å². The zero-order chi connectivity index (χ0) is 24.8. The zero-order valence-corrected chi connectivity index (χ0v) is 18.9. The Bertz CT molecular complexity index is 1240. The highest BCUT2D eigenvalue weighted by Gasteiger charge is 2.14. The number of rotatable bonds is 8. The summed E-state index contributed by atoms with van der Waals surface area (Å²) >= 11 is 0. The summed E-state index contributed by atoms with van der Waals surface area (Å²) in [5.74, 6) is -4.61. The molecule has 1 aliphatic rings. The van der Waals surface area contributed by atoms with Gasteiger partial charge in [0, 0.05) is 31.3 Å². The number of carbonyl (C=O) groups is 1. The van der Waals surface area contributed by atoms with Crippen molar-refractivity contribution in [3.05, 3.63) is 87.5 Å². The summed E-state index contributed by atoms with van der Waals surface area (Å²) < 4.78 is 52.3. The second-order valence-electron chi connectivity index (χ2n) is 8.14. The quantitative estimate of drug-likeness (QED) is 0.360. The molecule has 0 spiro atoms. The van der Waals surface area contributed by atoms with E-state index in [1.54, 1.807) is 24.3 Å². The van der Waals surface area contributed by atoms with Gasteiger partial charge < -0.3 is 9.47 Å². The molecule has 35 heavy (non-hydrogen) atoms. The topological polar surface area (TPSA) is 73.7 Å². The molecule has 0 amide bonds. The number of hydrogen-bond acceptors (Lipinski definition) is 6. The monoisotopic (exact) mass is 487 g/mol. The number of esters is 1. The van der Waals surface area contributed by atoms with E-state index in [9.17, 15) is 22.8 Å². The molecule has 0 unspecified atom stereocenters. The van der Waals surface area contributed by atoms with Crippen molar-refractivity contribution >= 4 is 5.97 Å². The van der Waals surface area contributed by atoms with Gasteiger partial charge in [-0.15, -0.1) is 0 Å². The summed E-state index contributed by atoms with van der Waals surface area (Å²) in [7, 11) is 0. The fourth-order valence-corrected chi connectivity index (χ4v) is 3.76. The van der Waals surface area contributed by atoms with E-state index in [0.29, 0.717) is 37.5 Å². The molecule has 2 heterocycles. The third kappa shape index (κ3) is 6.55. The van der Waals surface area contributed by atoms with Crippen LogP contribution in [0.25, 0.3) is 11.3 Å². The van der Waals surface area contributed by atoms with E-state index in [1.807, 2.05) is 0 Å². The van der Waals surface area contributed by atoms with Gasteiger partial charge in [0.15, 0.2) is 17.5 Å². The highest BCUT2D eigenvalue weighted by atomic mass is 19.2. The zero-order valence-electron chi connectivity index (χ0n) is 18.9. The van der Waals surface area contributed by atoms with Gasteiger partial charge in [0.25, 0.3) is 5.56 Å². The second kappa shape index (κ2) is 11.3. The van der Waals surface area contributed by atoms with Crippen LogP contribution in [0.15, 0.2) is 53.3 Å². The summed E-state index contributed by atoms with van der Waals surface area (Å²) in [6, 6.07) is 11.2. The molecule has 0 saturated carbocycles. The van der Waals surface area contributed by atoms with Gasteiger partial charge in [-0.05, 0) is 29.3 Å². The molecule has 1 aliphatic heterocycles. The first-order valence-corrected chi connectivity index (χ1v) is 11.2. The van der Waals surface area contributed by atoms with E-state index >= 15 is 0 Å². The number of nitrogens with zero attached hydrogens (tertiary/aromatic N) is 3.